The van der Waals surface area contributed by atoms with Crippen LogP contribution >= 0.6 is 11.6 Å². The molecular weight excluding hydrogens is 1130 g/mol. The molecule has 1 aliphatic carbocycles. The highest BCUT2D eigenvalue weighted by atomic mass is 35.5. The van der Waals surface area contributed by atoms with Gasteiger partial charge in [-0.25, -0.2) is 8.42 Å². The van der Waals surface area contributed by atoms with Crippen LogP contribution in [0.1, 0.15) is 118 Å². The number of nitrogens with zero attached hydrogens (tertiary/aromatic N) is 6. The van der Waals surface area contributed by atoms with Crippen LogP contribution in [-0.4, -0.2) is 59.5 Å². The fourth-order valence-corrected chi connectivity index (χ4v) is 12.7. The number of carbonyl (C=O) groups excluding carboxylic acids is 2. The molecule has 9 rings (SSSR count). The Morgan fingerprint density at radius 3 is 1.09 bits per heavy atom. The van der Waals surface area contributed by atoms with Crippen molar-refractivity contribution in [2.45, 2.75) is 132 Å². The molecule has 464 valence electrons. The molecular formula is C76H93ClN6O4S. The van der Waals surface area contributed by atoms with Crippen molar-refractivity contribution in [3.63, 3.8) is 0 Å². The van der Waals surface area contributed by atoms with E-state index >= 15 is 0 Å². The van der Waals surface area contributed by atoms with Gasteiger partial charge in [0.15, 0.2) is 0 Å². The van der Waals surface area contributed by atoms with Gasteiger partial charge in [0.25, 0.3) is 10.0 Å². The van der Waals surface area contributed by atoms with Crippen molar-refractivity contribution in [2.75, 3.05) is 68.1 Å². The quantitative estimate of drug-likeness (QED) is 0.0630. The average molecular weight is 1220 g/mol. The molecule has 8 aromatic rings. The molecule has 0 bridgehead atoms. The highest BCUT2D eigenvalue weighted by molar-refractivity contribution is 7.92. The van der Waals surface area contributed by atoms with E-state index in [0.717, 1.165) is 97.0 Å². The molecule has 12 heteroatoms. The minimum absolute atomic E-state index is 0.0639. The second-order valence-electron chi connectivity index (χ2n) is 22.9. The lowest BCUT2D eigenvalue weighted by Gasteiger charge is -2.30. The van der Waals surface area contributed by atoms with Gasteiger partial charge >= 0.3 is 0 Å². The summed E-state index contributed by atoms with van der Waals surface area (Å²) in [6.45, 7) is 28.3. The predicted octanol–water partition coefficient (Wildman–Crippen LogP) is 17.8. The van der Waals surface area contributed by atoms with Gasteiger partial charge in [-0.05, 0) is 201 Å². The number of anilines is 6. The topological polar surface area (TPSA) is 87.7 Å². The molecule has 0 unspecified atom stereocenters. The third-order valence-electron chi connectivity index (χ3n) is 16.6. The molecule has 10 nitrogen and oxygen atoms in total. The zero-order valence-electron chi connectivity index (χ0n) is 53.8. The van der Waals surface area contributed by atoms with E-state index in [0.29, 0.717) is 35.1 Å². The lowest BCUT2D eigenvalue weighted by atomic mass is 9.88. The molecule has 1 fully saturated rings. The standard InChI is InChI=1S/C26H29ClN2O.C25H30N2O2S.C25H34N2O/c1-4-28(5-2)24-16-10-22(11-17-24)19-29(25-14-6-20(3)7-15-25)26(30)18-21-8-12-23(27)13-9-21;1-5-26(6-2)23-15-11-22(12-16-23)19-27(24-13-7-20(3)8-14-24)30(28,29)25-17-9-21(4)10-18-25;1-4-26(5-2)23-17-13-21(14-18-23)19-27(24-15-11-20(3)12-16-24)25(28)22-9-7-6-8-10-22/h6-17H,4-5,18-19H2,1-3H3;7-18H,5-6,19H2,1-4H3;11-18,22H,4-10,19H2,1-3H3. The van der Waals surface area contributed by atoms with Gasteiger partial charge < -0.3 is 24.5 Å². The molecule has 0 aliphatic heterocycles. The largest absolute Gasteiger partial charge is 0.372 e. The number of hydrogen-bond donors (Lipinski definition) is 0. The Labute approximate surface area is 532 Å². The molecule has 0 radical (unpaired) electrons. The summed E-state index contributed by atoms with van der Waals surface area (Å²) in [6, 6.07) is 63.9. The van der Waals surface area contributed by atoms with Gasteiger partial charge in [0, 0.05) is 78.6 Å². The van der Waals surface area contributed by atoms with Crippen molar-refractivity contribution in [1.82, 2.24) is 0 Å². The number of halogens is 1. The van der Waals surface area contributed by atoms with Crippen LogP contribution in [0.2, 0.25) is 5.02 Å². The van der Waals surface area contributed by atoms with Crippen LogP contribution in [0.25, 0.3) is 0 Å². The molecule has 0 spiro atoms. The molecule has 0 atom stereocenters. The van der Waals surface area contributed by atoms with Gasteiger partial charge in [-0.15, -0.1) is 0 Å². The minimum Gasteiger partial charge on any atom is -0.372 e. The van der Waals surface area contributed by atoms with Crippen LogP contribution in [0.15, 0.2) is 199 Å². The molecule has 0 N–H and O–H groups in total. The SMILES string of the molecule is CCN(CC)c1ccc(CN(C(=O)C2CCCCC2)c2ccc(C)cc2)cc1.CCN(CC)c1ccc(CN(C(=O)Cc2ccc(Cl)cc2)c2ccc(C)cc2)cc1.CCN(CC)c1ccc(CN(c2ccc(C)cc2)S(=O)(=O)c2ccc(C)cc2)cc1. The fourth-order valence-electron chi connectivity index (χ4n) is 11.1. The summed E-state index contributed by atoms with van der Waals surface area (Å²) < 4.78 is 28.5. The number of amides is 2. The van der Waals surface area contributed by atoms with Gasteiger partial charge in [0.2, 0.25) is 11.8 Å². The number of hydrogen-bond acceptors (Lipinski definition) is 7. The zero-order chi connectivity index (χ0) is 63.2. The van der Waals surface area contributed by atoms with Crippen molar-refractivity contribution in [3.8, 4) is 0 Å². The van der Waals surface area contributed by atoms with E-state index in [9.17, 15) is 18.0 Å². The summed E-state index contributed by atoms with van der Waals surface area (Å²) >= 11 is 5.99. The van der Waals surface area contributed by atoms with Gasteiger partial charge in [0.1, 0.15) is 0 Å². The smallest absolute Gasteiger partial charge is 0.264 e. The van der Waals surface area contributed by atoms with E-state index in [1.807, 2.05) is 121 Å². The monoisotopic (exact) mass is 1220 g/mol. The summed E-state index contributed by atoms with van der Waals surface area (Å²) in [7, 11) is -3.69. The van der Waals surface area contributed by atoms with E-state index in [2.05, 4.69) is 155 Å². The average Bonchev–Trinajstić information content (AvgIpc) is 3.67. The van der Waals surface area contributed by atoms with Crippen LogP contribution in [0.4, 0.5) is 34.1 Å². The first-order chi connectivity index (χ1) is 42.5. The van der Waals surface area contributed by atoms with Crippen LogP contribution in [0, 0.1) is 33.6 Å². The maximum atomic E-state index is 13.5. The van der Waals surface area contributed by atoms with Crippen LogP contribution < -0.4 is 28.8 Å². The van der Waals surface area contributed by atoms with Crippen molar-refractivity contribution < 1.29 is 18.0 Å². The Morgan fingerprint density at radius 2 is 0.705 bits per heavy atom. The molecule has 1 saturated carbocycles. The second kappa shape index (κ2) is 33.5. The Hall–Kier alpha value is -7.86. The third kappa shape index (κ3) is 19.1. The van der Waals surface area contributed by atoms with Crippen LogP contribution in [0.5, 0.6) is 0 Å². The molecule has 8 aromatic carbocycles. The molecule has 2 amide bonds. The van der Waals surface area contributed by atoms with Gasteiger partial charge in [0.05, 0.1) is 36.6 Å². The summed E-state index contributed by atoms with van der Waals surface area (Å²) in [5.74, 6) is 0.523. The van der Waals surface area contributed by atoms with E-state index in [1.165, 1.54) is 51.6 Å². The van der Waals surface area contributed by atoms with Crippen molar-refractivity contribution >= 4 is 67.6 Å². The zero-order valence-corrected chi connectivity index (χ0v) is 55.3. The summed E-state index contributed by atoms with van der Waals surface area (Å²) in [4.78, 5) is 37.7. The first-order valence-electron chi connectivity index (χ1n) is 31.6. The minimum atomic E-state index is -3.69. The van der Waals surface area contributed by atoms with E-state index in [4.69, 9.17) is 11.6 Å². The van der Waals surface area contributed by atoms with Crippen molar-refractivity contribution in [3.05, 3.63) is 244 Å². The van der Waals surface area contributed by atoms with Crippen LogP contribution in [0.3, 0.4) is 0 Å². The summed E-state index contributed by atoms with van der Waals surface area (Å²) in [5, 5.41) is 0.676. The van der Waals surface area contributed by atoms with Gasteiger partial charge in [-0.3, -0.25) is 13.9 Å². The lowest BCUT2D eigenvalue weighted by molar-refractivity contribution is -0.123. The molecule has 0 saturated heterocycles. The van der Waals surface area contributed by atoms with Crippen molar-refractivity contribution in [2.24, 2.45) is 5.92 Å². The van der Waals surface area contributed by atoms with Crippen molar-refractivity contribution in [1.29, 1.82) is 0 Å². The second-order valence-corrected chi connectivity index (χ2v) is 25.2. The number of sulfonamides is 1. The van der Waals surface area contributed by atoms with E-state index in [-0.39, 0.29) is 24.3 Å². The Bertz CT molecular complexity index is 3490. The highest BCUT2D eigenvalue weighted by Gasteiger charge is 2.28. The van der Waals surface area contributed by atoms with E-state index < -0.39 is 10.0 Å². The summed E-state index contributed by atoms with van der Waals surface area (Å²) in [5.41, 5.74) is 14.9. The molecule has 0 aromatic heterocycles. The number of aryl methyl sites for hydroxylation is 4. The number of carbonyl (C=O) groups is 2. The molecule has 0 heterocycles. The first kappa shape index (κ1) is 67.6. The third-order valence-corrected chi connectivity index (χ3v) is 18.7. The van der Waals surface area contributed by atoms with E-state index in [1.54, 1.807) is 12.1 Å². The lowest BCUT2D eigenvalue weighted by Crippen LogP contribution is -2.36. The predicted molar refractivity (Wildman–Crippen MR) is 372 cm³/mol. The van der Waals surface area contributed by atoms with Gasteiger partial charge in [-0.1, -0.05) is 150 Å². The number of benzene rings is 8. The summed E-state index contributed by atoms with van der Waals surface area (Å²) in [6.07, 6.45) is 6.02. The fraction of sp³-hybridized carbons (Fsp3) is 0.342. The van der Waals surface area contributed by atoms with Crippen LogP contribution in [-0.2, 0) is 45.7 Å². The molecule has 88 heavy (non-hydrogen) atoms. The molecule has 1 aliphatic rings. The highest BCUT2D eigenvalue weighted by Crippen LogP contribution is 2.31. The van der Waals surface area contributed by atoms with Gasteiger partial charge in [-0.2, -0.15) is 0 Å². The Kier molecular flexibility index (Phi) is 25.7. The Balaban J connectivity index is 0.000000188. The number of rotatable bonds is 23. The normalized spacial score (nSPS) is 12.2. The maximum Gasteiger partial charge on any atom is 0.264 e. The first-order valence-corrected chi connectivity index (χ1v) is 33.5. The maximum absolute atomic E-state index is 13.5. The Morgan fingerprint density at radius 1 is 0.386 bits per heavy atom.